The third-order valence-electron chi connectivity index (χ3n) is 5.08. The molecule has 0 spiro atoms. The highest BCUT2D eigenvalue weighted by molar-refractivity contribution is 6.35. The fourth-order valence-corrected chi connectivity index (χ4v) is 3.91. The molecule has 3 aromatic carbocycles. The van der Waals surface area contributed by atoms with Gasteiger partial charge in [-0.3, -0.25) is 0 Å². The Morgan fingerprint density at radius 2 is 1.75 bits per heavy atom. The summed E-state index contributed by atoms with van der Waals surface area (Å²) in [6.07, 6.45) is 2.60. The molecule has 0 amide bonds. The molecule has 0 atom stereocenters. The van der Waals surface area contributed by atoms with Gasteiger partial charge in [-0.1, -0.05) is 65.7 Å². The van der Waals surface area contributed by atoms with Gasteiger partial charge in [0.1, 0.15) is 12.4 Å². The van der Waals surface area contributed by atoms with Crippen LogP contribution in [0.25, 0.3) is 10.8 Å². The highest BCUT2D eigenvalue weighted by atomic mass is 35.5. The van der Waals surface area contributed by atoms with E-state index < -0.39 is 0 Å². The number of benzene rings is 3. The smallest absolute Gasteiger partial charge is 0.213 e. The molecule has 1 N–H and O–H groups in total. The number of aromatic nitrogens is 1. The van der Waals surface area contributed by atoms with Crippen molar-refractivity contribution in [1.82, 2.24) is 10.3 Å². The molecule has 0 saturated carbocycles. The highest BCUT2D eigenvalue weighted by Gasteiger charge is 2.10. The van der Waals surface area contributed by atoms with Gasteiger partial charge in [0, 0.05) is 40.0 Å². The van der Waals surface area contributed by atoms with Crippen molar-refractivity contribution < 1.29 is 9.47 Å². The van der Waals surface area contributed by atoms with Crippen LogP contribution >= 0.6 is 23.2 Å². The van der Waals surface area contributed by atoms with Crippen molar-refractivity contribution in [3.8, 4) is 11.6 Å². The maximum absolute atomic E-state index is 6.31. The SMILES string of the molecule is Clc1ccc(COc2ccc3ccccc3c2CNCCCOc2ccccn2)c(Cl)c1. The molecule has 0 aliphatic heterocycles. The summed E-state index contributed by atoms with van der Waals surface area (Å²) in [6, 6.07) is 23.5. The minimum atomic E-state index is 0.374. The lowest BCUT2D eigenvalue weighted by molar-refractivity contribution is 0.294. The molecule has 0 aliphatic carbocycles. The van der Waals surface area contributed by atoms with Gasteiger partial charge in [0.15, 0.2) is 0 Å². The third kappa shape index (κ3) is 5.92. The van der Waals surface area contributed by atoms with Crippen molar-refractivity contribution >= 4 is 34.0 Å². The standard InChI is InChI=1S/C26H24Cl2N2O2/c27-21-11-9-20(24(28)16-21)18-32-25-12-10-19-6-1-2-7-22(19)23(25)17-29-13-5-15-31-26-8-3-4-14-30-26/h1-4,6-12,14,16,29H,5,13,15,17-18H2. The summed E-state index contributed by atoms with van der Waals surface area (Å²) in [6.45, 7) is 2.49. The van der Waals surface area contributed by atoms with E-state index in [1.165, 1.54) is 10.8 Å². The van der Waals surface area contributed by atoms with Crippen LogP contribution in [-0.4, -0.2) is 18.1 Å². The number of ether oxygens (including phenoxy) is 2. The van der Waals surface area contributed by atoms with Crippen LogP contribution in [0.5, 0.6) is 11.6 Å². The zero-order chi connectivity index (χ0) is 22.2. The van der Waals surface area contributed by atoms with Gasteiger partial charge in [-0.05, 0) is 48.0 Å². The molecule has 4 rings (SSSR count). The van der Waals surface area contributed by atoms with E-state index >= 15 is 0 Å². The van der Waals surface area contributed by atoms with E-state index in [1.54, 1.807) is 12.3 Å². The molecule has 0 bridgehead atoms. The predicted molar refractivity (Wildman–Crippen MR) is 131 cm³/mol. The Labute approximate surface area is 198 Å². The first kappa shape index (κ1) is 22.4. The molecule has 164 valence electrons. The first-order valence-corrected chi connectivity index (χ1v) is 11.3. The minimum Gasteiger partial charge on any atom is -0.488 e. The second-order valence-electron chi connectivity index (χ2n) is 7.33. The molecule has 0 saturated heterocycles. The van der Waals surface area contributed by atoms with Crippen LogP contribution < -0.4 is 14.8 Å². The van der Waals surface area contributed by atoms with Crippen LogP contribution in [0.3, 0.4) is 0 Å². The second-order valence-corrected chi connectivity index (χ2v) is 8.18. The average Bonchev–Trinajstić information content (AvgIpc) is 2.82. The Kier molecular flexibility index (Phi) is 7.83. The lowest BCUT2D eigenvalue weighted by atomic mass is 10.0. The molecule has 1 aromatic heterocycles. The fourth-order valence-electron chi connectivity index (χ4n) is 3.45. The van der Waals surface area contributed by atoms with Crippen LogP contribution in [0.15, 0.2) is 79.0 Å². The Bertz CT molecular complexity index is 1170. The van der Waals surface area contributed by atoms with E-state index in [2.05, 4.69) is 28.5 Å². The summed E-state index contributed by atoms with van der Waals surface area (Å²) in [5.74, 6) is 1.49. The predicted octanol–water partition coefficient (Wildman–Crippen LogP) is 6.68. The number of rotatable bonds is 10. The monoisotopic (exact) mass is 466 g/mol. The fraction of sp³-hybridized carbons (Fsp3) is 0.192. The second kappa shape index (κ2) is 11.2. The summed E-state index contributed by atoms with van der Waals surface area (Å²) in [5.41, 5.74) is 2.02. The van der Waals surface area contributed by atoms with Crippen LogP contribution in [0.1, 0.15) is 17.5 Å². The normalized spacial score (nSPS) is 10.9. The van der Waals surface area contributed by atoms with Crippen molar-refractivity contribution in [3.05, 3.63) is 100 Å². The van der Waals surface area contributed by atoms with Gasteiger partial charge in [-0.25, -0.2) is 4.98 Å². The quantitative estimate of drug-likeness (QED) is 0.264. The number of halogens is 2. The molecule has 0 fully saturated rings. The van der Waals surface area contributed by atoms with Gasteiger partial charge in [-0.15, -0.1) is 0 Å². The number of fused-ring (bicyclic) bond motifs is 1. The maximum Gasteiger partial charge on any atom is 0.213 e. The van der Waals surface area contributed by atoms with E-state index in [0.29, 0.717) is 35.7 Å². The number of hydrogen-bond donors (Lipinski definition) is 1. The molecular weight excluding hydrogens is 443 g/mol. The Morgan fingerprint density at radius 1 is 0.875 bits per heavy atom. The maximum atomic E-state index is 6.31. The molecular formula is C26H24Cl2N2O2. The summed E-state index contributed by atoms with van der Waals surface area (Å²) < 4.78 is 11.8. The van der Waals surface area contributed by atoms with Gasteiger partial charge in [0.2, 0.25) is 5.88 Å². The van der Waals surface area contributed by atoms with E-state index in [9.17, 15) is 0 Å². The van der Waals surface area contributed by atoms with Gasteiger partial charge in [0.25, 0.3) is 0 Å². The van der Waals surface area contributed by atoms with Crippen molar-refractivity contribution in [1.29, 1.82) is 0 Å². The first-order valence-electron chi connectivity index (χ1n) is 10.5. The molecule has 4 aromatic rings. The van der Waals surface area contributed by atoms with Gasteiger partial charge in [-0.2, -0.15) is 0 Å². The van der Waals surface area contributed by atoms with Crippen molar-refractivity contribution in [2.45, 2.75) is 19.6 Å². The Balaban J connectivity index is 1.39. The van der Waals surface area contributed by atoms with Crippen LogP contribution in [0.2, 0.25) is 10.0 Å². The van der Waals surface area contributed by atoms with Gasteiger partial charge < -0.3 is 14.8 Å². The highest BCUT2D eigenvalue weighted by Crippen LogP contribution is 2.30. The first-order chi connectivity index (χ1) is 15.7. The summed E-state index contributed by atoms with van der Waals surface area (Å²) in [5, 5.41) is 7.08. The van der Waals surface area contributed by atoms with Crippen LogP contribution in [-0.2, 0) is 13.2 Å². The Morgan fingerprint density at radius 3 is 2.59 bits per heavy atom. The lowest BCUT2D eigenvalue weighted by Crippen LogP contribution is -2.18. The summed E-state index contributed by atoms with van der Waals surface area (Å²) in [4.78, 5) is 4.17. The number of hydrogen-bond acceptors (Lipinski definition) is 4. The number of nitrogens with zero attached hydrogens (tertiary/aromatic N) is 1. The summed E-state index contributed by atoms with van der Waals surface area (Å²) in [7, 11) is 0. The van der Waals surface area contributed by atoms with E-state index in [-0.39, 0.29) is 0 Å². The third-order valence-corrected chi connectivity index (χ3v) is 5.67. The zero-order valence-electron chi connectivity index (χ0n) is 17.6. The summed E-state index contributed by atoms with van der Waals surface area (Å²) >= 11 is 12.3. The number of nitrogens with one attached hydrogen (secondary N) is 1. The van der Waals surface area contributed by atoms with Crippen molar-refractivity contribution in [3.63, 3.8) is 0 Å². The molecule has 1 heterocycles. The van der Waals surface area contributed by atoms with Gasteiger partial charge in [0.05, 0.1) is 6.61 Å². The van der Waals surface area contributed by atoms with E-state index in [1.807, 2.05) is 48.5 Å². The average molecular weight is 467 g/mol. The Hall–Kier alpha value is -2.79. The topological polar surface area (TPSA) is 43.4 Å². The van der Waals surface area contributed by atoms with E-state index in [4.69, 9.17) is 32.7 Å². The van der Waals surface area contributed by atoms with Crippen molar-refractivity contribution in [2.24, 2.45) is 0 Å². The van der Waals surface area contributed by atoms with Crippen LogP contribution in [0.4, 0.5) is 0 Å². The van der Waals surface area contributed by atoms with Crippen LogP contribution in [0, 0.1) is 0 Å². The largest absolute Gasteiger partial charge is 0.488 e. The molecule has 0 unspecified atom stereocenters. The van der Waals surface area contributed by atoms with E-state index in [0.717, 1.165) is 29.8 Å². The molecule has 0 aliphatic rings. The van der Waals surface area contributed by atoms with Gasteiger partial charge >= 0.3 is 0 Å². The molecule has 4 nitrogen and oxygen atoms in total. The minimum absolute atomic E-state index is 0.374. The molecule has 6 heteroatoms. The van der Waals surface area contributed by atoms with Crippen molar-refractivity contribution in [2.75, 3.05) is 13.2 Å². The number of pyridine rings is 1. The molecule has 0 radical (unpaired) electrons. The lowest BCUT2D eigenvalue weighted by Gasteiger charge is -2.16. The molecule has 32 heavy (non-hydrogen) atoms. The zero-order valence-corrected chi connectivity index (χ0v) is 19.1.